The lowest BCUT2D eigenvalue weighted by Gasteiger charge is -2.14. The van der Waals surface area contributed by atoms with Gasteiger partial charge in [0.15, 0.2) is 17.3 Å². The summed E-state index contributed by atoms with van der Waals surface area (Å²) < 4.78 is 26.9. The van der Waals surface area contributed by atoms with E-state index in [-0.39, 0.29) is 29.6 Å². The topological polar surface area (TPSA) is 116 Å². The molecule has 3 rings (SSSR count). The summed E-state index contributed by atoms with van der Waals surface area (Å²) in [6, 6.07) is 13.8. The van der Waals surface area contributed by atoms with Gasteiger partial charge in [-0.2, -0.15) is 5.26 Å². The Hall–Kier alpha value is -4.16. The molecule has 1 amide bonds. The third-order valence-electron chi connectivity index (χ3n) is 4.44. The Bertz CT molecular complexity index is 1230. The maximum Gasteiger partial charge on any atom is 0.267 e. The lowest BCUT2D eigenvalue weighted by Crippen LogP contribution is -2.13. The minimum atomic E-state index is -0.638. The third-order valence-corrected chi connectivity index (χ3v) is 4.72. The molecule has 0 bridgehead atoms. The van der Waals surface area contributed by atoms with Gasteiger partial charge in [0.1, 0.15) is 42.1 Å². The van der Waals surface area contributed by atoms with Crippen molar-refractivity contribution in [3.05, 3.63) is 64.4 Å². The van der Waals surface area contributed by atoms with E-state index in [0.717, 1.165) is 0 Å². The molecule has 0 aliphatic rings. The van der Waals surface area contributed by atoms with Gasteiger partial charge in [0.2, 0.25) is 0 Å². The summed E-state index contributed by atoms with van der Waals surface area (Å²) in [4.78, 5) is 12.4. The second-order valence-corrected chi connectivity index (χ2v) is 7.26. The van der Waals surface area contributed by atoms with Crippen molar-refractivity contribution >= 4 is 29.4 Å². The quantitative estimate of drug-likeness (QED) is 0.251. The Kier molecular flexibility index (Phi) is 8.37. The maximum atomic E-state index is 12.4. The van der Waals surface area contributed by atoms with E-state index < -0.39 is 5.91 Å². The zero-order valence-electron chi connectivity index (χ0n) is 18.8. The molecule has 0 aliphatic heterocycles. The Balaban J connectivity index is 1.68. The van der Waals surface area contributed by atoms with Crippen molar-refractivity contribution in [1.29, 1.82) is 5.26 Å². The van der Waals surface area contributed by atoms with Gasteiger partial charge in [-0.1, -0.05) is 22.8 Å². The van der Waals surface area contributed by atoms with Gasteiger partial charge in [-0.05, 0) is 42.8 Å². The van der Waals surface area contributed by atoms with Gasteiger partial charge in [0.25, 0.3) is 5.91 Å². The summed E-state index contributed by atoms with van der Waals surface area (Å²) in [5.41, 5.74) is 0.323. The van der Waals surface area contributed by atoms with E-state index in [1.54, 1.807) is 32.2 Å². The number of ether oxygens (including phenoxy) is 4. The van der Waals surface area contributed by atoms with Crippen molar-refractivity contribution in [1.82, 2.24) is 5.16 Å². The standard InChI is InChI=1S/C24H22ClN3O6/c1-15-9-22(28-34-15)27-24(29)17(14-26)10-16-11-20(25)23(21(12-16)31-3)33-8-7-32-19-6-4-5-18(13-19)30-2/h4-6,9-13H,7-8H2,1-3H3,(H,27,28,29)/b17-10-. The monoisotopic (exact) mass is 483 g/mol. The molecular formula is C24H22ClN3O6. The van der Waals surface area contributed by atoms with Crippen LogP contribution >= 0.6 is 11.6 Å². The van der Waals surface area contributed by atoms with Gasteiger partial charge in [0.05, 0.1) is 19.2 Å². The van der Waals surface area contributed by atoms with Gasteiger partial charge in [-0.3, -0.25) is 4.79 Å². The molecule has 0 saturated heterocycles. The summed E-state index contributed by atoms with van der Waals surface area (Å²) in [5.74, 6) is 2.08. The lowest BCUT2D eigenvalue weighted by molar-refractivity contribution is -0.112. The Labute approximate surface area is 201 Å². The maximum absolute atomic E-state index is 12.4. The molecule has 10 heteroatoms. The first-order valence-electron chi connectivity index (χ1n) is 10.1. The molecule has 176 valence electrons. The van der Waals surface area contributed by atoms with Crippen molar-refractivity contribution in [2.45, 2.75) is 6.92 Å². The highest BCUT2D eigenvalue weighted by Crippen LogP contribution is 2.37. The van der Waals surface area contributed by atoms with Crippen LogP contribution in [0, 0.1) is 18.3 Å². The zero-order valence-corrected chi connectivity index (χ0v) is 19.5. The number of nitriles is 1. The van der Waals surface area contributed by atoms with Crippen LogP contribution in [0.5, 0.6) is 23.0 Å². The molecule has 0 fully saturated rings. The van der Waals surface area contributed by atoms with Gasteiger partial charge >= 0.3 is 0 Å². The van der Waals surface area contributed by atoms with Gasteiger partial charge < -0.3 is 28.8 Å². The molecule has 1 N–H and O–H groups in total. The fourth-order valence-corrected chi connectivity index (χ4v) is 3.16. The predicted molar refractivity (Wildman–Crippen MR) is 125 cm³/mol. The summed E-state index contributed by atoms with van der Waals surface area (Å²) in [5, 5.41) is 15.9. The van der Waals surface area contributed by atoms with Crippen molar-refractivity contribution in [2.75, 3.05) is 32.8 Å². The first kappa shape index (κ1) is 24.5. The number of amides is 1. The van der Waals surface area contributed by atoms with Crippen molar-refractivity contribution in [2.24, 2.45) is 0 Å². The summed E-state index contributed by atoms with van der Waals surface area (Å²) in [6.07, 6.45) is 1.38. The van der Waals surface area contributed by atoms with Crippen molar-refractivity contribution < 1.29 is 28.3 Å². The molecular weight excluding hydrogens is 462 g/mol. The molecule has 0 radical (unpaired) electrons. The Morgan fingerprint density at radius 3 is 2.59 bits per heavy atom. The minimum absolute atomic E-state index is 0.154. The van der Waals surface area contributed by atoms with Gasteiger partial charge in [0, 0.05) is 12.1 Å². The number of benzene rings is 2. The molecule has 0 atom stereocenters. The number of rotatable bonds is 10. The van der Waals surface area contributed by atoms with E-state index in [2.05, 4.69) is 10.5 Å². The van der Waals surface area contributed by atoms with E-state index in [1.807, 2.05) is 24.3 Å². The van der Waals surface area contributed by atoms with Crippen LogP contribution in [-0.2, 0) is 4.79 Å². The van der Waals surface area contributed by atoms with E-state index >= 15 is 0 Å². The number of methoxy groups -OCH3 is 2. The van der Waals surface area contributed by atoms with Crippen molar-refractivity contribution in [3.8, 4) is 29.1 Å². The molecule has 0 aliphatic carbocycles. The van der Waals surface area contributed by atoms with E-state index in [0.29, 0.717) is 34.3 Å². The number of aromatic nitrogens is 1. The number of nitrogens with one attached hydrogen (secondary N) is 1. The van der Waals surface area contributed by atoms with Crippen LogP contribution in [0.15, 0.2) is 52.6 Å². The highest BCUT2D eigenvalue weighted by Gasteiger charge is 2.15. The average molecular weight is 484 g/mol. The second-order valence-electron chi connectivity index (χ2n) is 6.86. The number of hydrogen-bond donors (Lipinski definition) is 1. The fraction of sp³-hybridized carbons (Fsp3) is 0.208. The number of carbonyl (C=O) groups excluding carboxylic acids is 1. The van der Waals surface area contributed by atoms with Crippen LogP contribution in [0.1, 0.15) is 11.3 Å². The lowest BCUT2D eigenvalue weighted by atomic mass is 10.1. The number of carbonyl (C=O) groups is 1. The fourth-order valence-electron chi connectivity index (χ4n) is 2.88. The van der Waals surface area contributed by atoms with Crippen LogP contribution in [-0.4, -0.2) is 38.5 Å². The Morgan fingerprint density at radius 1 is 1.15 bits per heavy atom. The molecule has 34 heavy (non-hydrogen) atoms. The number of hydrogen-bond acceptors (Lipinski definition) is 8. The largest absolute Gasteiger partial charge is 0.497 e. The van der Waals surface area contributed by atoms with E-state index in [1.165, 1.54) is 19.3 Å². The molecule has 2 aromatic carbocycles. The van der Waals surface area contributed by atoms with Crippen LogP contribution in [0.25, 0.3) is 6.08 Å². The zero-order chi connectivity index (χ0) is 24.5. The molecule has 9 nitrogen and oxygen atoms in total. The van der Waals surface area contributed by atoms with Crippen LogP contribution < -0.4 is 24.3 Å². The van der Waals surface area contributed by atoms with E-state index in [9.17, 15) is 10.1 Å². The summed E-state index contributed by atoms with van der Waals surface area (Å²) in [6.45, 7) is 2.15. The summed E-state index contributed by atoms with van der Waals surface area (Å²) >= 11 is 6.39. The number of nitrogens with zero attached hydrogens (tertiary/aromatic N) is 2. The van der Waals surface area contributed by atoms with Gasteiger partial charge in [-0.25, -0.2) is 0 Å². The van der Waals surface area contributed by atoms with E-state index in [4.69, 9.17) is 35.1 Å². The van der Waals surface area contributed by atoms with Crippen LogP contribution in [0.4, 0.5) is 5.82 Å². The molecule has 0 unspecified atom stereocenters. The Morgan fingerprint density at radius 2 is 1.91 bits per heavy atom. The first-order valence-corrected chi connectivity index (χ1v) is 10.4. The normalized spacial score (nSPS) is 10.9. The molecule has 1 aromatic heterocycles. The molecule has 0 saturated carbocycles. The average Bonchev–Trinajstić information content (AvgIpc) is 3.25. The minimum Gasteiger partial charge on any atom is -0.497 e. The van der Waals surface area contributed by atoms with Crippen molar-refractivity contribution in [3.63, 3.8) is 0 Å². The number of aryl methyl sites for hydroxylation is 1. The van der Waals surface area contributed by atoms with Gasteiger partial charge in [-0.15, -0.1) is 0 Å². The smallest absolute Gasteiger partial charge is 0.267 e. The highest BCUT2D eigenvalue weighted by molar-refractivity contribution is 6.32. The number of anilines is 1. The molecule has 1 heterocycles. The summed E-state index contributed by atoms with van der Waals surface area (Å²) in [7, 11) is 3.04. The highest BCUT2D eigenvalue weighted by atomic mass is 35.5. The SMILES string of the molecule is COc1cccc(OCCOc2c(Cl)cc(/C=C(/C#N)C(=O)Nc3cc(C)on3)cc2OC)c1. The molecule has 0 spiro atoms. The van der Waals surface area contributed by atoms with Crippen LogP contribution in [0.2, 0.25) is 5.02 Å². The molecule has 3 aromatic rings. The first-order chi connectivity index (χ1) is 16.4. The third kappa shape index (κ3) is 6.43. The van der Waals surface area contributed by atoms with Crippen LogP contribution in [0.3, 0.4) is 0 Å². The predicted octanol–water partition coefficient (Wildman–Crippen LogP) is 4.66. The number of halogens is 1. The second kappa shape index (κ2) is 11.6.